The highest BCUT2D eigenvalue weighted by Crippen LogP contribution is 2.34. The number of carbonyl (C=O) groups excluding carboxylic acids is 2. The Morgan fingerprint density at radius 1 is 1.23 bits per heavy atom. The van der Waals surface area contributed by atoms with Crippen molar-refractivity contribution < 1.29 is 24.2 Å². The summed E-state index contributed by atoms with van der Waals surface area (Å²) < 4.78 is 11.1. The number of ether oxygens (including phenoxy) is 2. The van der Waals surface area contributed by atoms with Crippen molar-refractivity contribution >= 4 is 23.5 Å². The first-order valence-corrected chi connectivity index (χ1v) is 9.80. The standard InChI is InChI=1S/C23H26N2O5/c1-3-20(27)22-19(11-15-6-9-18(29-2)12-21(15)30-22)23(28)25-17-7-4-14(5-8-17)10-16(24)13-26/h4-9,11-12,16,22,26H,3,10,13,24H2,1-2H3,(H,25,28)/t16-,22?/m0/s1. The van der Waals surface area contributed by atoms with Gasteiger partial charge in [-0.3, -0.25) is 9.59 Å². The summed E-state index contributed by atoms with van der Waals surface area (Å²) in [5, 5.41) is 11.9. The van der Waals surface area contributed by atoms with Crippen LogP contribution >= 0.6 is 0 Å². The summed E-state index contributed by atoms with van der Waals surface area (Å²) in [6.45, 7) is 1.64. The number of aliphatic hydroxyl groups is 1. The molecule has 1 unspecified atom stereocenters. The molecule has 0 saturated carbocycles. The van der Waals surface area contributed by atoms with Crippen LogP contribution in [0.1, 0.15) is 24.5 Å². The molecule has 158 valence electrons. The summed E-state index contributed by atoms with van der Waals surface area (Å²) in [7, 11) is 1.55. The number of hydrogen-bond donors (Lipinski definition) is 3. The second-order valence-electron chi connectivity index (χ2n) is 7.12. The van der Waals surface area contributed by atoms with Gasteiger partial charge in [0.15, 0.2) is 11.9 Å². The highest BCUT2D eigenvalue weighted by Gasteiger charge is 2.32. The van der Waals surface area contributed by atoms with E-state index in [-0.39, 0.29) is 30.4 Å². The van der Waals surface area contributed by atoms with Crippen LogP contribution in [0.5, 0.6) is 11.5 Å². The van der Waals surface area contributed by atoms with Crippen LogP contribution in [0, 0.1) is 0 Å². The normalized spacial score (nSPS) is 16.0. The van der Waals surface area contributed by atoms with Gasteiger partial charge < -0.3 is 25.6 Å². The van der Waals surface area contributed by atoms with Gasteiger partial charge >= 0.3 is 0 Å². The fourth-order valence-corrected chi connectivity index (χ4v) is 3.20. The van der Waals surface area contributed by atoms with Gasteiger partial charge in [-0.15, -0.1) is 0 Å². The van der Waals surface area contributed by atoms with Crippen LogP contribution in [0.3, 0.4) is 0 Å². The average molecular weight is 410 g/mol. The van der Waals surface area contributed by atoms with Gasteiger partial charge in [0.05, 0.1) is 19.3 Å². The molecule has 0 aliphatic carbocycles. The molecule has 0 saturated heterocycles. The van der Waals surface area contributed by atoms with E-state index in [1.807, 2.05) is 12.1 Å². The molecule has 1 heterocycles. The molecule has 0 spiro atoms. The molecular formula is C23H26N2O5. The Balaban J connectivity index is 1.82. The number of nitrogens with two attached hydrogens (primary N) is 1. The molecule has 0 aromatic heterocycles. The van der Waals surface area contributed by atoms with E-state index in [0.29, 0.717) is 29.2 Å². The van der Waals surface area contributed by atoms with Gasteiger partial charge in [-0.25, -0.2) is 0 Å². The molecule has 1 aliphatic heterocycles. The molecule has 30 heavy (non-hydrogen) atoms. The highest BCUT2D eigenvalue weighted by atomic mass is 16.5. The van der Waals surface area contributed by atoms with Crippen molar-refractivity contribution in [2.45, 2.75) is 31.9 Å². The summed E-state index contributed by atoms with van der Waals surface area (Å²) in [5.74, 6) is 0.530. The first-order valence-electron chi connectivity index (χ1n) is 9.80. The Morgan fingerprint density at radius 2 is 1.97 bits per heavy atom. The number of fused-ring (bicyclic) bond motifs is 1. The van der Waals surface area contributed by atoms with E-state index in [9.17, 15) is 9.59 Å². The lowest BCUT2D eigenvalue weighted by atomic mass is 9.96. The molecule has 3 rings (SSSR count). The topological polar surface area (TPSA) is 111 Å². The average Bonchev–Trinajstić information content (AvgIpc) is 2.78. The molecule has 0 fully saturated rings. The summed E-state index contributed by atoms with van der Waals surface area (Å²) >= 11 is 0. The fraction of sp³-hybridized carbons (Fsp3) is 0.304. The number of aliphatic hydroxyl groups excluding tert-OH is 1. The van der Waals surface area contributed by atoms with E-state index < -0.39 is 12.0 Å². The zero-order valence-electron chi connectivity index (χ0n) is 17.1. The Kier molecular flexibility index (Phi) is 6.87. The molecule has 2 atom stereocenters. The molecule has 1 aliphatic rings. The van der Waals surface area contributed by atoms with Crippen LogP contribution < -0.4 is 20.5 Å². The summed E-state index contributed by atoms with van der Waals surface area (Å²) in [4.78, 5) is 25.4. The number of benzene rings is 2. The van der Waals surface area contributed by atoms with Gasteiger partial charge in [0, 0.05) is 29.8 Å². The Morgan fingerprint density at radius 3 is 2.60 bits per heavy atom. The minimum atomic E-state index is -0.976. The van der Waals surface area contributed by atoms with Crippen molar-refractivity contribution in [1.82, 2.24) is 0 Å². The number of anilines is 1. The molecule has 4 N–H and O–H groups in total. The number of rotatable bonds is 8. The molecule has 2 aromatic carbocycles. The smallest absolute Gasteiger partial charge is 0.255 e. The summed E-state index contributed by atoms with van der Waals surface area (Å²) in [6.07, 6.45) is 1.49. The highest BCUT2D eigenvalue weighted by molar-refractivity contribution is 6.12. The lowest BCUT2D eigenvalue weighted by Gasteiger charge is -2.26. The minimum absolute atomic E-state index is 0.0904. The number of carbonyl (C=O) groups is 2. The quantitative estimate of drug-likeness (QED) is 0.616. The van der Waals surface area contributed by atoms with E-state index >= 15 is 0 Å². The Labute approximate surface area is 175 Å². The van der Waals surface area contributed by atoms with E-state index in [1.165, 1.54) is 0 Å². The van der Waals surface area contributed by atoms with Crippen LogP contribution in [-0.4, -0.2) is 42.7 Å². The van der Waals surface area contributed by atoms with Gasteiger partial charge in [-0.1, -0.05) is 19.1 Å². The maximum absolute atomic E-state index is 13.0. The third-order valence-electron chi connectivity index (χ3n) is 4.91. The van der Waals surface area contributed by atoms with Crippen LogP contribution in [0.4, 0.5) is 5.69 Å². The maximum atomic E-state index is 13.0. The van der Waals surface area contributed by atoms with Crippen molar-refractivity contribution in [3.8, 4) is 11.5 Å². The number of methoxy groups -OCH3 is 1. The number of Topliss-reactive ketones (excluding diaryl/α,β-unsaturated/α-hetero) is 1. The molecule has 0 radical (unpaired) electrons. The third-order valence-corrected chi connectivity index (χ3v) is 4.91. The van der Waals surface area contributed by atoms with Crippen LogP contribution in [0.25, 0.3) is 6.08 Å². The number of ketones is 1. The molecule has 2 aromatic rings. The second-order valence-corrected chi connectivity index (χ2v) is 7.12. The number of nitrogens with one attached hydrogen (secondary N) is 1. The van der Waals surface area contributed by atoms with Crippen LogP contribution in [0.2, 0.25) is 0 Å². The SMILES string of the molecule is CCC(=O)C1Oc2cc(OC)ccc2C=C1C(=O)Nc1ccc(C[C@H](N)CO)cc1. The second kappa shape index (κ2) is 9.56. The number of hydrogen-bond acceptors (Lipinski definition) is 6. The first-order chi connectivity index (χ1) is 14.4. The largest absolute Gasteiger partial charge is 0.497 e. The van der Waals surface area contributed by atoms with E-state index in [1.54, 1.807) is 50.4 Å². The lowest BCUT2D eigenvalue weighted by molar-refractivity contribution is -0.126. The van der Waals surface area contributed by atoms with Crippen molar-refractivity contribution in [2.75, 3.05) is 19.0 Å². The molecular weight excluding hydrogens is 384 g/mol. The van der Waals surface area contributed by atoms with Crippen molar-refractivity contribution in [1.29, 1.82) is 0 Å². The van der Waals surface area contributed by atoms with Crippen LogP contribution in [-0.2, 0) is 16.0 Å². The van der Waals surface area contributed by atoms with Crippen molar-refractivity contribution in [3.63, 3.8) is 0 Å². The monoisotopic (exact) mass is 410 g/mol. The Bertz CT molecular complexity index is 953. The summed E-state index contributed by atoms with van der Waals surface area (Å²) in [6, 6.07) is 12.1. The van der Waals surface area contributed by atoms with Crippen molar-refractivity contribution in [2.24, 2.45) is 5.73 Å². The minimum Gasteiger partial charge on any atom is -0.497 e. The predicted octanol–water partition coefficient (Wildman–Crippen LogP) is 2.32. The van der Waals surface area contributed by atoms with Crippen LogP contribution in [0.15, 0.2) is 48.0 Å². The molecule has 7 heteroatoms. The first kappa shape index (κ1) is 21.5. The Hall–Kier alpha value is -3.16. The zero-order chi connectivity index (χ0) is 21.7. The molecule has 0 bridgehead atoms. The molecule has 7 nitrogen and oxygen atoms in total. The van der Waals surface area contributed by atoms with Gasteiger partial charge in [-0.2, -0.15) is 0 Å². The lowest BCUT2D eigenvalue weighted by Crippen LogP contribution is -2.36. The molecule has 1 amide bonds. The van der Waals surface area contributed by atoms with E-state index in [4.69, 9.17) is 20.3 Å². The number of amides is 1. The van der Waals surface area contributed by atoms with Gasteiger partial charge in [0.1, 0.15) is 11.5 Å². The fourth-order valence-electron chi connectivity index (χ4n) is 3.20. The van der Waals surface area contributed by atoms with E-state index in [2.05, 4.69) is 5.32 Å². The van der Waals surface area contributed by atoms with E-state index in [0.717, 1.165) is 5.56 Å². The van der Waals surface area contributed by atoms with Gasteiger partial charge in [0.2, 0.25) is 0 Å². The predicted molar refractivity (Wildman–Crippen MR) is 115 cm³/mol. The zero-order valence-corrected chi connectivity index (χ0v) is 17.1. The van der Waals surface area contributed by atoms with Gasteiger partial charge in [-0.05, 0) is 42.3 Å². The third kappa shape index (κ3) is 4.87. The summed E-state index contributed by atoms with van der Waals surface area (Å²) in [5.41, 5.74) is 8.26. The van der Waals surface area contributed by atoms with Crippen molar-refractivity contribution in [3.05, 3.63) is 59.2 Å². The van der Waals surface area contributed by atoms with Gasteiger partial charge in [0.25, 0.3) is 5.91 Å². The maximum Gasteiger partial charge on any atom is 0.255 e.